The number of carbonyl (C=O) groups is 2. The molecule has 3 aromatic rings. The lowest BCUT2D eigenvalue weighted by molar-refractivity contribution is -0.384. The quantitative estimate of drug-likeness (QED) is 0.307. The lowest BCUT2D eigenvalue weighted by Crippen LogP contribution is -2.38. The monoisotopic (exact) mass is 478 g/mol. The fraction of sp³-hybridized carbons (Fsp3) is 0.240. The molecule has 8 nitrogen and oxygen atoms in total. The number of anilines is 1. The molecule has 0 aliphatic carbocycles. The van der Waals surface area contributed by atoms with Crippen molar-refractivity contribution in [1.82, 2.24) is 9.88 Å². The summed E-state index contributed by atoms with van der Waals surface area (Å²) in [6.45, 7) is 3.04. The van der Waals surface area contributed by atoms with Crippen LogP contribution < -0.4 is 5.32 Å². The number of pyridine rings is 1. The summed E-state index contributed by atoms with van der Waals surface area (Å²) in [4.78, 5) is 41.9. The predicted molar refractivity (Wildman–Crippen MR) is 129 cm³/mol. The number of nitro benzene ring substituents is 1. The maximum atomic E-state index is 13.1. The first kappa shape index (κ1) is 23.4. The van der Waals surface area contributed by atoms with Crippen molar-refractivity contribution in [1.29, 1.82) is 0 Å². The Labute approximate surface area is 201 Å². The number of amides is 2. The van der Waals surface area contributed by atoms with E-state index in [0.717, 1.165) is 24.0 Å². The lowest BCUT2D eigenvalue weighted by Gasteiger charge is -2.32. The molecule has 0 spiro atoms. The zero-order chi connectivity index (χ0) is 24.2. The SMILES string of the molecule is Cc1ccc(C(=O)N2CCC(c3ccc([N+](=O)[O-])cc3)CC2)cc1NC(=O)c1ccc(Cl)nc1. The van der Waals surface area contributed by atoms with E-state index in [1.165, 1.54) is 18.3 Å². The molecular formula is C25H23ClN4O4. The summed E-state index contributed by atoms with van der Waals surface area (Å²) in [6.07, 6.45) is 2.96. The Hall–Kier alpha value is -3.78. The first-order chi connectivity index (χ1) is 16.3. The van der Waals surface area contributed by atoms with Crippen LogP contribution in [0.3, 0.4) is 0 Å². The fourth-order valence-electron chi connectivity index (χ4n) is 4.06. The number of nitrogens with one attached hydrogen (secondary N) is 1. The summed E-state index contributed by atoms with van der Waals surface area (Å²) < 4.78 is 0. The molecule has 0 bridgehead atoms. The van der Waals surface area contributed by atoms with E-state index in [1.54, 1.807) is 41.3 Å². The minimum Gasteiger partial charge on any atom is -0.339 e. The van der Waals surface area contributed by atoms with Gasteiger partial charge in [0.15, 0.2) is 0 Å². The second kappa shape index (κ2) is 10.0. The number of piperidine rings is 1. The summed E-state index contributed by atoms with van der Waals surface area (Å²) in [5, 5.41) is 14.0. The molecule has 2 aromatic carbocycles. The highest BCUT2D eigenvalue weighted by Gasteiger charge is 2.25. The second-order valence-electron chi connectivity index (χ2n) is 8.27. The zero-order valence-electron chi connectivity index (χ0n) is 18.5. The molecule has 1 saturated heterocycles. The van der Waals surface area contributed by atoms with Crippen molar-refractivity contribution in [2.45, 2.75) is 25.7 Å². The lowest BCUT2D eigenvalue weighted by atomic mass is 9.89. The Bertz CT molecular complexity index is 1220. The van der Waals surface area contributed by atoms with Gasteiger partial charge in [0.1, 0.15) is 5.15 Å². The van der Waals surface area contributed by atoms with Crippen molar-refractivity contribution in [3.63, 3.8) is 0 Å². The molecular weight excluding hydrogens is 456 g/mol. The number of non-ortho nitro benzene ring substituents is 1. The van der Waals surface area contributed by atoms with Gasteiger partial charge in [-0.05, 0) is 61.1 Å². The van der Waals surface area contributed by atoms with Gasteiger partial charge in [-0.1, -0.05) is 29.8 Å². The van der Waals surface area contributed by atoms with Gasteiger partial charge < -0.3 is 10.2 Å². The molecule has 1 N–H and O–H groups in total. The van der Waals surface area contributed by atoms with E-state index in [1.807, 2.05) is 13.0 Å². The molecule has 0 saturated carbocycles. The standard InChI is InChI=1S/C25H23ClN4O4/c1-16-2-3-19(14-22(16)28-24(31)20-6-9-23(26)27-15-20)25(32)29-12-10-18(11-13-29)17-4-7-21(8-5-17)30(33)34/h2-9,14-15,18H,10-13H2,1H3,(H,28,31). The summed E-state index contributed by atoms with van der Waals surface area (Å²) in [5.74, 6) is -0.169. The van der Waals surface area contributed by atoms with Crippen LogP contribution in [-0.2, 0) is 0 Å². The van der Waals surface area contributed by atoms with Crippen molar-refractivity contribution in [3.05, 3.63) is 98.3 Å². The second-order valence-corrected chi connectivity index (χ2v) is 8.66. The minimum atomic E-state index is -0.407. The first-order valence-electron chi connectivity index (χ1n) is 10.9. The van der Waals surface area contributed by atoms with Crippen LogP contribution in [0.2, 0.25) is 5.15 Å². The largest absolute Gasteiger partial charge is 0.339 e. The summed E-state index contributed by atoms with van der Waals surface area (Å²) >= 11 is 5.78. The van der Waals surface area contributed by atoms with Crippen molar-refractivity contribution < 1.29 is 14.5 Å². The maximum Gasteiger partial charge on any atom is 0.269 e. The van der Waals surface area contributed by atoms with Crippen LogP contribution in [0.1, 0.15) is 50.6 Å². The zero-order valence-corrected chi connectivity index (χ0v) is 19.3. The molecule has 0 unspecified atom stereocenters. The Morgan fingerprint density at radius 3 is 2.35 bits per heavy atom. The van der Waals surface area contributed by atoms with Gasteiger partial charge in [-0.2, -0.15) is 0 Å². The molecule has 1 aromatic heterocycles. The molecule has 2 amide bonds. The third kappa shape index (κ3) is 5.23. The fourth-order valence-corrected chi connectivity index (χ4v) is 4.17. The number of carbonyl (C=O) groups excluding carboxylic acids is 2. The summed E-state index contributed by atoms with van der Waals surface area (Å²) in [6, 6.07) is 15.0. The van der Waals surface area contributed by atoms with Gasteiger partial charge in [-0.25, -0.2) is 4.98 Å². The highest BCUT2D eigenvalue weighted by molar-refractivity contribution is 6.29. The molecule has 4 rings (SSSR count). The molecule has 2 heterocycles. The Morgan fingerprint density at radius 2 is 1.74 bits per heavy atom. The van der Waals surface area contributed by atoms with E-state index in [9.17, 15) is 19.7 Å². The van der Waals surface area contributed by atoms with Gasteiger partial charge in [-0.15, -0.1) is 0 Å². The normalized spacial score (nSPS) is 14.0. The highest BCUT2D eigenvalue weighted by Crippen LogP contribution is 2.30. The number of rotatable bonds is 5. The van der Waals surface area contributed by atoms with Gasteiger partial charge in [0.05, 0.1) is 10.5 Å². The Balaban J connectivity index is 1.41. The van der Waals surface area contributed by atoms with Crippen LogP contribution in [0, 0.1) is 17.0 Å². The van der Waals surface area contributed by atoms with Crippen LogP contribution in [-0.4, -0.2) is 39.7 Å². The number of hydrogen-bond acceptors (Lipinski definition) is 5. The van der Waals surface area contributed by atoms with Crippen LogP contribution in [0.5, 0.6) is 0 Å². The number of aryl methyl sites for hydroxylation is 1. The number of benzene rings is 2. The Kier molecular flexibility index (Phi) is 6.88. The van der Waals surface area contributed by atoms with E-state index in [4.69, 9.17) is 11.6 Å². The molecule has 1 aliphatic rings. The predicted octanol–water partition coefficient (Wildman–Crippen LogP) is 5.22. The molecule has 1 fully saturated rings. The number of nitrogens with zero attached hydrogens (tertiary/aromatic N) is 3. The average molecular weight is 479 g/mol. The maximum absolute atomic E-state index is 13.1. The van der Waals surface area contributed by atoms with Crippen LogP contribution in [0.15, 0.2) is 60.8 Å². The summed E-state index contributed by atoms with van der Waals surface area (Å²) in [5.41, 5.74) is 3.40. The van der Waals surface area contributed by atoms with Gasteiger partial charge in [-0.3, -0.25) is 19.7 Å². The minimum absolute atomic E-state index is 0.0750. The van der Waals surface area contributed by atoms with Crippen LogP contribution >= 0.6 is 11.6 Å². The molecule has 1 aliphatic heterocycles. The number of halogens is 1. The molecule has 9 heteroatoms. The van der Waals surface area contributed by atoms with Gasteiger partial charge in [0.25, 0.3) is 17.5 Å². The smallest absolute Gasteiger partial charge is 0.269 e. The van der Waals surface area contributed by atoms with Crippen LogP contribution in [0.4, 0.5) is 11.4 Å². The molecule has 0 radical (unpaired) electrons. The van der Waals surface area contributed by atoms with Crippen molar-refractivity contribution in [3.8, 4) is 0 Å². The molecule has 34 heavy (non-hydrogen) atoms. The molecule has 0 atom stereocenters. The van der Waals surface area contributed by atoms with E-state index >= 15 is 0 Å². The third-order valence-electron chi connectivity index (χ3n) is 6.08. The van der Waals surface area contributed by atoms with E-state index < -0.39 is 4.92 Å². The number of hydrogen-bond donors (Lipinski definition) is 1. The third-order valence-corrected chi connectivity index (χ3v) is 6.30. The first-order valence-corrected chi connectivity index (χ1v) is 11.3. The Morgan fingerprint density at radius 1 is 1.06 bits per heavy atom. The van der Waals surface area contributed by atoms with Crippen LogP contribution in [0.25, 0.3) is 0 Å². The van der Waals surface area contributed by atoms with E-state index in [-0.39, 0.29) is 23.4 Å². The van der Waals surface area contributed by atoms with E-state index in [0.29, 0.717) is 35.1 Å². The van der Waals surface area contributed by atoms with Gasteiger partial charge in [0, 0.05) is 42.7 Å². The average Bonchev–Trinajstić information content (AvgIpc) is 2.85. The summed E-state index contributed by atoms with van der Waals surface area (Å²) in [7, 11) is 0. The van der Waals surface area contributed by atoms with E-state index in [2.05, 4.69) is 10.3 Å². The van der Waals surface area contributed by atoms with Gasteiger partial charge >= 0.3 is 0 Å². The number of nitro groups is 1. The van der Waals surface area contributed by atoms with Gasteiger partial charge in [0.2, 0.25) is 0 Å². The number of likely N-dealkylation sites (tertiary alicyclic amines) is 1. The van der Waals surface area contributed by atoms with Crippen molar-refractivity contribution in [2.24, 2.45) is 0 Å². The topological polar surface area (TPSA) is 105 Å². The van der Waals surface area contributed by atoms with Crippen molar-refractivity contribution >= 4 is 34.8 Å². The highest BCUT2D eigenvalue weighted by atomic mass is 35.5. The molecule has 174 valence electrons. The van der Waals surface area contributed by atoms with Crippen molar-refractivity contribution in [2.75, 3.05) is 18.4 Å². The number of aromatic nitrogens is 1.